The molecule has 1 fully saturated rings. The van der Waals surface area contributed by atoms with Crippen LogP contribution < -0.4 is 5.32 Å². The number of hydrogen-bond acceptors (Lipinski definition) is 3. The molecule has 1 aliphatic rings. The number of aryl methyl sites for hydroxylation is 1. The lowest BCUT2D eigenvalue weighted by Crippen LogP contribution is -2.47. The van der Waals surface area contributed by atoms with Gasteiger partial charge in [-0.2, -0.15) is 11.8 Å². The first-order valence-electron chi connectivity index (χ1n) is 7.30. The fourth-order valence-electron chi connectivity index (χ4n) is 2.87. The van der Waals surface area contributed by atoms with Gasteiger partial charge in [0.05, 0.1) is 0 Å². The van der Waals surface area contributed by atoms with Crippen molar-refractivity contribution in [1.29, 1.82) is 0 Å². The Morgan fingerprint density at radius 3 is 3.00 bits per heavy atom. The molecular weight excluding hydrogens is 252 g/mol. The molecule has 0 bridgehead atoms. The average molecular weight is 278 g/mol. The van der Waals surface area contributed by atoms with Crippen molar-refractivity contribution in [2.45, 2.75) is 31.8 Å². The standard InChI is InChI=1S/C16H26N2S/c1-4-6-13-7-5-8-14(11-13)16(17-2)15-12-19-10-9-18(15)3/h5,7-8,11,15-17H,4,6,9-10,12H2,1-3H3. The molecule has 0 spiro atoms. The summed E-state index contributed by atoms with van der Waals surface area (Å²) >= 11 is 2.08. The Morgan fingerprint density at radius 2 is 2.32 bits per heavy atom. The van der Waals surface area contributed by atoms with Crippen LogP contribution in [0.2, 0.25) is 0 Å². The summed E-state index contributed by atoms with van der Waals surface area (Å²) in [6, 6.07) is 10.2. The Bertz CT molecular complexity index is 394. The van der Waals surface area contributed by atoms with Gasteiger partial charge in [-0.05, 0) is 31.6 Å². The zero-order valence-electron chi connectivity index (χ0n) is 12.4. The summed E-state index contributed by atoms with van der Waals surface area (Å²) in [5, 5.41) is 3.53. The molecule has 3 heteroatoms. The van der Waals surface area contributed by atoms with Crippen molar-refractivity contribution in [3.8, 4) is 0 Å². The second-order valence-electron chi connectivity index (χ2n) is 5.38. The molecule has 0 aliphatic carbocycles. The highest BCUT2D eigenvalue weighted by molar-refractivity contribution is 7.99. The van der Waals surface area contributed by atoms with E-state index < -0.39 is 0 Å². The third kappa shape index (κ3) is 3.74. The lowest BCUT2D eigenvalue weighted by atomic mass is 9.96. The van der Waals surface area contributed by atoms with Crippen LogP contribution >= 0.6 is 11.8 Å². The fraction of sp³-hybridized carbons (Fsp3) is 0.625. The molecule has 0 saturated carbocycles. The molecule has 2 rings (SSSR count). The minimum atomic E-state index is 0.439. The quantitative estimate of drug-likeness (QED) is 0.891. The maximum atomic E-state index is 3.53. The molecule has 0 radical (unpaired) electrons. The molecular formula is C16H26N2S. The zero-order valence-corrected chi connectivity index (χ0v) is 13.2. The van der Waals surface area contributed by atoms with Crippen LogP contribution in [0.5, 0.6) is 0 Å². The van der Waals surface area contributed by atoms with Gasteiger partial charge in [-0.3, -0.25) is 4.90 Å². The molecule has 106 valence electrons. The van der Waals surface area contributed by atoms with Crippen molar-refractivity contribution >= 4 is 11.8 Å². The van der Waals surface area contributed by atoms with Gasteiger partial charge < -0.3 is 5.32 Å². The summed E-state index contributed by atoms with van der Waals surface area (Å²) in [5.74, 6) is 2.49. The molecule has 1 aromatic carbocycles. The molecule has 0 aromatic heterocycles. The fourth-order valence-corrected chi connectivity index (χ4v) is 4.14. The van der Waals surface area contributed by atoms with E-state index in [-0.39, 0.29) is 0 Å². The minimum Gasteiger partial charge on any atom is -0.312 e. The van der Waals surface area contributed by atoms with Crippen LogP contribution in [0.25, 0.3) is 0 Å². The smallest absolute Gasteiger partial charge is 0.0483 e. The van der Waals surface area contributed by atoms with E-state index >= 15 is 0 Å². The van der Waals surface area contributed by atoms with Crippen LogP contribution in [-0.2, 0) is 6.42 Å². The molecule has 1 aliphatic heterocycles. The molecule has 2 nitrogen and oxygen atoms in total. The summed E-state index contributed by atoms with van der Waals surface area (Å²) in [7, 11) is 4.34. The van der Waals surface area contributed by atoms with Gasteiger partial charge >= 0.3 is 0 Å². The van der Waals surface area contributed by atoms with E-state index in [4.69, 9.17) is 0 Å². The Balaban J connectivity index is 2.18. The number of hydrogen-bond donors (Lipinski definition) is 1. The largest absolute Gasteiger partial charge is 0.312 e. The van der Waals surface area contributed by atoms with Gasteiger partial charge in [0.1, 0.15) is 0 Å². The summed E-state index contributed by atoms with van der Waals surface area (Å²) in [6.45, 7) is 3.44. The first-order chi connectivity index (χ1) is 9.26. The van der Waals surface area contributed by atoms with Crippen LogP contribution in [0.1, 0.15) is 30.5 Å². The SMILES string of the molecule is CCCc1cccc(C(NC)C2CSCCN2C)c1. The van der Waals surface area contributed by atoms with Crippen LogP contribution in [0.15, 0.2) is 24.3 Å². The van der Waals surface area contributed by atoms with Crippen molar-refractivity contribution < 1.29 is 0 Å². The predicted octanol–water partition coefficient (Wildman–Crippen LogP) is 2.95. The van der Waals surface area contributed by atoms with Crippen molar-refractivity contribution in [1.82, 2.24) is 10.2 Å². The van der Waals surface area contributed by atoms with Crippen molar-refractivity contribution in [3.63, 3.8) is 0 Å². The highest BCUT2D eigenvalue weighted by atomic mass is 32.2. The second kappa shape index (κ2) is 7.32. The summed E-state index contributed by atoms with van der Waals surface area (Å²) in [4.78, 5) is 2.50. The normalized spacial score (nSPS) is 22.4. The molecule has 19 heavy (non-hydrogen) atoms. The van der Waals surface area contributed by atoms with Gasteiger partial charge in [-0.25, -0.2) is 0 Å². The van der Waals surface area contributed by atoms with Crippen LogP contribution in [0, 0.1) is 0 Å². The third-order valence-electron chi connectivity index (χ3n) is 3.99. The highest BCUT2D eigenvalue weighted by Crippen LogP contribution is 2.27. The number of likely N-dealkylation sites (N-methyl/N-ethyl adjacent to an activating group) is 2. The lowest BCUT2D eigenvalue weighted by Gasteiger charge is -2.38. The topological polar surface area (TPSA) is 15.3 Å². The van der Waals surface area contributed by atoms with E-state index in [1.54, 1.807) is 0 Å². The Kier molecular flexibility index (Phi) is 5.74. The van der Waals surface area contributed by atoms with Gasteiger partial charge in [-0.15, -0.1) is 0 Å². The van der Waals surface area contributed by atoms with Crippen molar-refractivity contribution in [3.05, 3.63) is 35.4 Å². The van der Waals surface area contributed by atoms with E-state index in [1.165, 1.54) is 42.0 Å². The molecule has 1 heterocycles. The number of rotatable bonds is 5. The third-order valence-corrected chi connectivity index (χ3v) is 5.04. The number of thioether (sulfide) groups is 1. The Hall–Kier alpha value is -0.510. The Labute approximate surface area is 122 Å². The Morgan fingerprint density at radius 1 is 1.47 bits per heavy atom. The van der Waals surface area contributed by atoms with Gasteiger partial charge in [0.15, 0.2) is 0 Å². The lowest BCUT2D eigenvalue weighted by molar-refractivity contribution is 0.221. The van der Waals surface area contributed by atoms with Crippen LogP contribution in [0.4, 0.5) is 0 Å². The molecule has 2 atom stereocenters. The molecule has 0 amide bonds. The summed E-state index contributed by atoms with van der Waals surface area (Å²) in [5.41, 5.74) is 2.90. The van der Waals surface area contributed by atoms with Crippen LogP contribution in [-0.4, -0.2) is 43.1 Å². The van der Waals surface area contributed by atoms with E-state index in [9.17, 15) is 0 Å². The average Bonchev–Trinajstić information content (AvgIpc) is 2.43. The summed E-state index contributed by atoms with van der Waals surface area (Å²) < 4.78 is 0. The number of benzene rings is 1. The van der Waals surface area contributed by atoms with E-state index in [0.717, 1.165) is 0 Å². The van der Waals surface area contributed by atoms with Crippen molar-refractivity contribution in [2.75, 3.05) is 32.1 Å². The molecule has 1 aromatic rings. The van der Waals surface area contributed by atoms with Crippen molar-refractivity contribution in [2.24, 2.45) is 0 Å². The molecule has 2 unspecified atom stereocenters. The number of nitrogens with one attached hydrogen (secondary N) is 1. The van der Waals surface area contributed by atoms with E-state index in [1.807, 2.05) is 0 Å². The monoisotopic (exact) mass is 278 g/mol. The van der Waals surface area contributed by atoms with Gasteiger partial charge in [0.25, 0.3) is 0 Å². The van der Waals surface area contributed by atoms with E-state index in [2.05, 4.69) is 67.3 Å². The van der Waals surface area contributed by atoms with Crippen LogP contribution in [0.3, 0.4) is 0 Å². The maximum absolute atomic E-state index is 3.53. The molecule has 1 saturated heterocycles. The molecule has 1 N–H and O–H groups in total. The number of nitrogens with zero attached hydrogens (tertiary/aromatic N) is 1. The first-order valence-corrected chi connectivity index (χ1v) is 8.45. The van der Waals surface area contributed by atoms with Gasteiger partial charge in [0.2, 0.25) is 0 Å². The first kappa shape index (κ1) is 14.9. The second-order valence-corrected chi connectivity index (χ2v) is 6.53. The maximum Gasteiger partial charge on any atom is 0.0483 e. The minimum absolute atomic E-state index is 0.439. The summed E-state index contributed by atoms with van der Waals surface area (Å²) in [6.07, 6.45) is 2.40. The highest BCUT2D eigenvalue weighted by Gasteiger charge is 2.28. The van der Waals surface area contributed by atoms with Gasteiger partial charge in [-0.1, -0.05) is 37.6 Å². The predicted molar refractivity (Wildman–Crippen MR) is 86.0 cm³/mol. The zero-order chi connectivity index (χ0) is 13.7. The van der Waals surface area contributed by atoms with Gasteiger partial charge in [0, 0.05) is 30.1 Å². The van der Waals surface area contributed by atoms with E-state index in [0.29, 0.717) is 12.1 Å².